The Hall–Kier alpha value is -2.07. The normalized spacial score (nSPS) is 11.1. The predicted octanol–water partition coefficient (Wildman–Crippen LogP) is 5.96. The van der Waals surface area contributed by atoms with Crippen LogP contribution in [0.4, 0.5) is 0 Å². The Morgan fingerprint density at radius 1 is 1.07 bits per heavy atom. The Morgan fingerprint density at radius 2 is 1.89 bits per heavy atom. The Morgan fingerprint density at radius 3 is 2.63 bits per heavy atom. The standard InChI is InChI=1S/C23H25BrO3/c1-4-21-19(20-14-18(24)9-11-22(20)27-21)10-8-16-12-15(3)6-7-17(16)13-23(25)26-5-2/h6-7,9,11-12,14H,4-5,8,10,13H2,1-3H3. The van der Waals surface area contributed by atoms with E-state index in [9.17, 15) is 4.79 Å². The van der Waals surface area contributed by atoms with Crippen molar-refractivity contribution < 1.29 is 13.9 Å². The maximum absolute atomic E-state index is 12.0. The van der Waals surface area contributed by atoms with Gasteiger partial charge in [-0.15, -0.1) is 0 Å². The lowest BCUT2D eigenvalue weighted by atomic mass is 9.95. The lowest BCUT2D eigenvalue weighted by Crippen LogP contribution is -2.10. The zero-order chi connectivity index (χ0) is 19.4. The van der Waals surface area contributed by atoms with Gasteiger partial charge in [0.2, 0.25) is 0 Å². The van der Waals surface area contributed by atoms with Crippen molar-refractivity contribution in [1.82, 2.24) is 0 Å². The van der Waals surface area contributed by atoms with Gasteiger partial charge in [-0.3, -0.25) is 4.79 Å². The summed E-state index contributed by atoms with van der Waals surface area (Å²) in [4.78, 5) is 12.0. The number of rotatable bonds is 7. The summed E-state index contributed by atoms with van der Waals surface area (Å²) in [6.07, 6.45) is 2.93. The number of furan rings is 1. The molecular formula is C23H25BrO3. The monoisotopic (exact) mass is 428 g/mol. The van der Waals surface area contributed by atoms with E-state index in [0.29, 0.717) is 13.0 Å². The molecule has 0 aliphatic heterocycles. The largest absolute Gasteiger partial charge is 0.466 e. The van der Waals surface area contributed by atoms with E-state index in [1.54, 1.807) is 0 Å². The number of benzene rings is 2. The summed E-state index contributed by atoms with van der Waals surface area (Å²) in [5, 5.41) is 1.17. The second-order valence-electron chi connectivity index (χ2n) is 6.75. The van der Waals surface area contributed by atoms with Crippen LogP contribution in [0, 0.1) is 6.92 Å². The third-order valence-electron chi connectivity index (χ3n) is 4.80. The summed E-state index contributed by atoms with van der Waals surface area (Å²) in [6, 6.07) is 12.4. The Labute approximate surface area is 168 Å². The molecule has 0 saturated carbocycles. The molecule has 0 fully saturated rings. The molecule has 27 heavy (non-hydrogen) atoms. The molecule has 0 spiro atoms. The molecule has 0 unspecified atom stereocenters. The number of hydrogen-bond donors (Lipinski definition) is 0. The van der Waals surface area contributed by atoms with Crippen LogP contribution in [-0.2, 0) is 35.2 Å². The van der Waals surface area contributed by atoms with Crippen LogP contribution in [0.5, 0.6) is 0 Å². The van der Waals surface area contributed by atoms with Crippen molar-refractivity contribution in [2.24, 2.45) is 0 Å². The molecule has 0 N–H and O–H groups in total. The maximum Gasteiger partial charge on any atom is 0.310 e. The number of hydrogen-bond acceptors (Lipinski definition) is 3. The summed E-state index contributed by atoms with van der Waals surface area (Å²) in [5.74, 6) is 0.872. The highest BCUT2D eigenvalue weighted by atomic mass is 79.9. The van der Waals surface area contributed by atoms with Crippen LogP contribution in [-0.4, -0.2) is 12.6 Å². The van der Waals surface area contributed by atoms with Crippen LogP contribution >= 0.6 is 15.9 Å². The first-order chi connectivity index (χ1) is 13.0. The quantitative estimate of drug-likeness (QED) is 0.436. The van der Waals surface area contributed by atoms with Gasteiger partial charge in [0, 0.05) is 21.8 Å². The number of halogens is 1. The van der Waals surface area contributed by atoms with Crippen molar-refractivity contribution in [2.45, 2.75) is 46.5 Å². The van der Waals surface area contributed by atoms with E-state index >= 15 is 0 Å². The van der Waals surface area contributed by atoms with Crippen LogP contribution in [0.3, 0.4) is 0 Å². The molecule has 3 nitrogen and oxygen atoms in total. The van der Waals surface area contributed by atoms with E-state index in [-0.39, 0.29) is 5.97 Å². The SMILES string of the molecule is CCOC(=O)Cc1ccc(C)cc1CCc1c(CC)oc2ccc(Br)cc12. The van der Waals surface area contributed by atoms with Crippen LogP contribution in [0.15, 0.2) is 45.3 Å². The molecule has 3 rings (SSSR count). The van der Waals surface area contributed by atoms with Crippen molar-refractivity contribution in [3.8, 4) is 0 Å². The molecular weight excluding hydrogens is 404 g/mol. The fourth-order valence-electron chi connectivity index (χ4n) is 3.52. The molecule has 0 atom stereocenters. The van der Waals surface area contributed by atoms with Crippen LogP contribution in [0.25, 0.3) is 11.0 Å². The molecule has 3 aromatic rings. The topological polar surface area (TPSA) is 39.4 Å². The van der Waals surface area contributed by atoms with E-state index in [0.717, 1.165) is 40.6 Å². The molecule has 2 aromatic carbocycles. The second kappa shape index (κ2) is 8.75. The molecule has 142 valence electrons. The summed E-state index contributed by atoms with van der Waals surface area (Å²) in [5.41, 5.74) is 5.65. The first-order valence-corrected chi connectivity index (χ1v) is 10.2. The van der Waals surface area contributed by atoms with Crippen molar-refractivity contribution in [3.63, 3.8) is 0 Å². The van der Waals surface area contributed by atoms with Gasteiger partial charge in [0.1, 0.15) is 11.3 Å². The number of carbonyl (C=O) groups is 1. The van der Waals surface area contributed by atoms with Gasteiger partial charge in [0.25, 0.3) is 0 Å². The van der Waals surface area contributed by atoms with E-state index in [1.807, 2.05) is 25.1 Å². The Kier molecular flexibility index (Phi) is 6.38. The van der Waals surface area contributed by atoms with Gasteiger partial charge in [-0.2, -0.15) is 0 Å². The minimum atomic E-state index is -0.172. The molecule has 0 saturated heterocycles. The lowest BCUT2D eigenvalue weighted by molar-refractivity contribution is -0.142. The molecule has 0 aliphatic carbocycles. The zero-order valence-electron chi connectivity index (χ0n) is 16.1. The molecule has 0 amide bonds. The maximum atomic E-state index is 12.0. The smallest absolute Gasteiger partial charge is 0.310 e. The number of aryl methyl sites for hydroxylation is 4. The van der Waals surface area contributed by atoms with Crippen molar-refractivity contribution in [1.29, 1.82) is 0 Å². The van der Waals surface area contributed by atoms with Gasteiger partial charge >= 0.3 is 5.97 Å². The molecule has 1 heterocycles. The lowest BCUT2D eigenvalue weighted by Gasteiger charge is -2.11. The second-order valence-corrected chi connectivity index (χ2v) is 7.67. The van der Waals surface area contributed by atoms with Gasteiger partial charge in [-0.25, -0.2) is 0 Å². The molecule has 0 radical (unpaired) electrons. The molecule has 4 heteroatoms. The van der Waals surface area contributed by atoms with Crippen molar-refractivity contribution in [3.05, 3.63) is 68.9 Å². The van der Waals surface area contributed by atoms with Gasteiger partial charge in [0.15, 0.2) is 0 Å². The van der Waals surface area contributed by atoms with E-state index < -0.39 is 0 Å². The average Bonchev–Trinajstić information content (AvgIpc) is 2.99. The minimum absolute atomic E-state index is 0.172. The summed E-state index contributed by atoms with van der Waals surface area (Å²) < 4.78 is 12.2. The first-order valence-electron chi connectivity index (χ1n) is 9.45. The van der Waals surface area contributed by atoms with Crippen LogP contribution in [0.2, 0.25) is 0 Å². The van der Waals surface area contributed by atoms with E-state index in [4.69, 9.17) is 9.15 Å². The van der Waals surface area contributed by atoms with Gasteiger partial charge < -0.3 is 9.15 Å². The number of fused-ring (bicyclic) bond motifs is 1. The summed E-state index contributed by atoms with van der Waals surface area (Å²) in [7, 11) is 0. The predicted molar refractivity (Wildman–Crippen MR) is 112 cm³/mol. The Bertz CT molecular complexity index is 956. The fourth-order valence-corrected chi connectivity index (χ4v) is 3.88. The average molecular weight is 429 g/mol. The fraction of sp³-hybridized carbons (Fsp3) is 0.348. The number of esters is 1. The van der Waals surface area contributed by atoms with Gasteiger partial charge in [-0.1, -0.05) is 46.6 Å². The Balaban J connectivity index is 1.88. The van der Waals surface area contributed by atoms with Crippen LogP contribution in [0.1, 0.15) is 41.9 Å². The van der Waals surface area contributed by atoms with E-state index in [1.165, 1.54) is 22.1 Å². The highest BCUT2D eigenvalue weighted by molar-refractivity contribution is 9.10. The summed E-state index contributed by atoms with van der Waals surface area (Å²) >= 11 is 3.56. The number of ether oxygens (including phenoxy) is 1. The zero-order valence-corrected chi connectivity index (χ0v) is 17.7. The summed E-state index contributed by atoms with van der Waals surface area (Å²) in [6.45, 7) is 6.45. The van der Waals surface area contributed by atoms with Gasteiger partial charge in [-0.05, 0) is 56.0 Å². The minimum Gasteiger partial charge on any atom is -0.466 e. The van der Waals surface area contributed by atoms with Crippen LogP contribution < -0.4 is 0 Å². The third kappa shape index (κ3) is 4.62. The third-order valence-corrected chi connectivity index (χ3v) is 5.30. The van der Waals surface area contributed by atoms with E-state index in [2.05, 4.69) is 48.0 Å². The van der Waals surface area contributed by atoms with Crippen molar-refractivity contribution >= 4 is 32.9 Å². The van der Waals surface area contributed by atoms with Gasteiger partial charge in [0.05, 0.1) is 13.0 Å². The van der Waals surface area contributed by atoms with Crippen molar-refractivity contribution in [2.75, 3.05) is 6.61 Å². The highest BCUT2D eigenvalue weighted by Gasteiger charge is 2.15. The first kappa shape index (κ1) is 19.7. The molecule has 1 aromatic heterocycles. The highest BCUT2D eigenvalue weighted by Crippen LogP contribution is 2.30. The molecule has 0 bridgehead atoms. The number of carbonyl (C=O) groups excluding carboxylic acids is 1. The molecule has 0 aliphatic rings.